The summed E-state index contributed by atoms with van der Waals surface area (Å²) in [5, 5.41) is 13.9. The highest BCUT2D eigenvalue weighted by molar-refractivity contribution is 9.10. The van der Waals surface area contributed by atoms with Crippen molar-refractivity contribution < 1.29 is 18.0 Å². The molecule has 2 aromatic heterocycles. The molecule has 1 aliphatic rings. The van der Waals surface area contributed by atoms with Crippen LogP contribution >= 0.6 is 15.9 Å². The van der Waals surface area contributed by atoms with Gasteiger partial charge in [0.2, 0.25) is 0 Å². The lowest BCUT2D eigenvalue weighted by molar-refractivity contribution is -0.173. The zero-order valence-electron chi connectivity index (χ0n) is 16.7. The third-order valence-corrected chi connectivity index (χ3v) is 5.84. The SMILES string of the molecule is Cc1nn(C)cc1CNC(=O)c1cnn2c1N[C@@H](c1ccc(Br)cc1)C[C@@H]2C(F)(F)F. The average Bonchev–Trinajstić information content (AvgIpc) is 3.27. The fourth-order valence-corrected chi connectivity index (χ4v) is 4.00. The summed E-state index contributed by atoms with van der Waals surface area (Å²) in [5.74, 6) is -0.448. The van der Waals surface area contributed by atoms with E-state index in [0.717, 1.165) is 20.4 Å². The molecule has 3 heterocycles. The molecule has 0 fully saturated rings. The molecule has 0 unspecified atom stereocenters. The van der Waals surface area contributed by atoms with Crippen LogP contribution in [0.1, 0.15) is 45.7 Å². The van der Waals surface area contributed by atoms with E-state index >= 15 is 0 Å². The summed E-state index contributed by atoms with van der Waals surface area (Å²) in [7, 11) is 1.77. The van der Waals surface area contributed by atoms with Gasteiger partial charge in [-0.3, -0.25) is 9.48 Å². The third-order valence-electron chi connectivity index (χ3n) is 5.31. The second-order valence-corrected chi connectivity index (χ2v) is 8.40. The molecular weight excluding hydrogens is 477 g/mol. The molecule has 7 nitrogen and oxygen atoms in total. The molecule has 3 aromatic rings. The molecule has 1 aliphatic heterocycles. The van der Waals surface area contributed by atoms with E-state index in [1.165, 1.54) is 6.20 Å². The Balaban J connectivity index is 1.62. The van der Waals surface area contributed by atoms with Crippen LogP contribution in [0.15, 0.2) is 41.1 Å². The number of amides is 1. The monoisotopic (exact) mass is 496 g/mol. The highest BCUT2D eigenvalue weighted by Crippen LogP contribution is 2.44. The summed E-state index contributed by atoms with van der Waals surface area (Å²) in [6.45, 7) is 2.03. The lowest BCUT2D eigenvalue weighted by Gasteiger charge is -2.34. The molecule has 4 rings (SSSR count). The van der Waals surface area contributed by atoms with Crippen LogP contribution in [-0.4, -0.2) is 31.6 Å². The van der Waals surface area contributed by atoms with Gasteiger partial charge in [-0.2, -0.15) is 23.4 Å². The van der Waals surface area contributed by atoms with E-state index in [4.69, 9.17) is 0 Å². The molecule has 0 bridgehead atoms. The minimum atomic E-state index is -4.50. The van der Waals surface area contributed by atoms with Crippen molar-refractivity contribution in [2.45, 2.75) is 38.1 Å². The lowest BCUT2D eigenvalue weighted by atomic mass is 9.96. The molecule has 0 spiro atoms. The maximum atomic E-state index is 13.8. The molecule has 11 heteroatoms. The number of nitrogens with one attached hydrogen (secondary N) is 2. The maximum absolute atomic E-state index is 13.8. The smallest absolute Gasteiger partial charge is 0.363 e. The summed E-state index contributed by atoms with van der Waals surface area (Å²) in [5.41, 5.74) is 2.36. The number of anilines is 1. The van der Waals surface area contributed by atoms with Crippen molar-refractivity contribution in [1.82, 2.24) is 24.9 Å². The van der Waals surface area contributed by atoms with Gasteiger partial charge in [-0.1, -0.05) is 28.1 Å². The van der Waals surface area contributed by atoms with Crippen LogP contribution in [0.4, 0.5) is 19.0 Å². The van der Waals surface area contributed by atoms with Crippen molar-refractivity contribution in [3.05, 3.63) is 63.5 Å². The quantitative estimate of drug-likeness (QED) is 0.565. The Morgan fingerprint density at radius 1 is 1.32 bits per heavy atom. The zero-order valence-corrected chi connectivity index (χ0v) is 18.3. The second-order valence-electron chi connectivity index (χ2n) is 7.49. The van der Waals surface area contributed by atoms with Gasteiger partial charge in [0.1, 0.15) is 11.4 Å². The Bertz CT molecular complexity index is 1110. The van der Waals surface area contributed by atoms with Crippen molar-refractivity contribution in [2.24, 2.45) is 7.05 Å². The van der Waals surface area contributed by atoms with Crippen LogP contribution in [0.3, 0.4) is 0 Å². The van der Waals surface area contributed by atoms with Crippen LogP contribution in [0.25, 0.3) is 0 Å². The number of hydrogen-bond donors (Lipinski definition) is 2. The molecule has 1 amide bonds. The number of nitrogens with zero attached hydrogens (tertiary/aromatic N) is 4. The molecule has 1 aromatic carbocycles. The Hall–Kier alpha value is -2.82. The highest BCUT2D eigenvalue weighted by Gasteiger charge is 2.47. The molecule has 0 saturated carbocycles. The number of aryl methyl sites for hydroxylation is 2. The minimum Gasteiger partial charge on any atom is -0.363 e. The van der Waals surface area contributed by atoms with Crippen molar-refractivity contribution in [2.75, 3.05) is 5.32 Å². The fourth-order valence-electron chi connectivity index (χ4n) is 3.74. The van der Waals surface area contributed by atoms with E-state index in [1.54, 1.807) is 42.2 Å². The number of benzene rings is 1. The van der Waals surface area contributed by atoms with E-state index < -0.39 is 24.2 Å². The predicted octanol–water partition coefficient (Wildman–Crippen LogP) is 4.28. The van der Waals surface area contributed by atoms with Crippen LogP contribution in [0.2, 0.25) is 0 Å². The van der Waals surface area contributed by atoms with Gasteiger partial charge < -0.3 is 10.6 Å². The number of carbonyl (C=O) groups excluding carboxylic acids is 1. The maximum Gasteiger partial charge on any atom is 0.410 e. The first-order valence-corrected chi connectivity index (χ1v) is 10.4. The third kappa shape index (κ3) is 4.32. The first-order chi connectivity index (χ1) is 14.6. The molecule has 2 N–H and O–H groups in total. The summed E-state index contributed by atoms with van der Waals surface area (Å²) in [6, 6.07) is 4.61. The largest absolute Gasteiger partial charge is 0.410 e. The Morgan fingerprint density at radius 3 is 2.65 bits per heavy atom. The van der Waals surface area contributed by atoms with Crippen LogP contribution < -0.4 is 10.6 Å². The second kappa shape index (κ2) is 8.03. The van der Waals surface area contributed by atoms with Crippen molar-refractivity contribution in [3.8, 4) is 0 Å². The standard InChI is InChI=1S/C20H20BrF3N6O/c1-11-13(10-29(2)28-11)8-25-19(31)15-9-26-30-17(20(22,23)24)7-16(27-18(15)30)12-3-5-14(21)6-4-12/h3-6,9-10,16-17,27H,7-8H2,1-2H3,(H,25,31)/t16-,17-/m1/s1. The lowest BCUT2D eigenvalue weighted by Crippen LogP contribution is -2.36. The van der Waals surface area contributed by atoms with Crippen molar-refractivity contribution >= 4 is 27.7 Å². The first-order valence-electron chi connectivity index (χ1n) is 9.57. The van der Waals surface area contributed by atoms with Crippen molar-refractivity contribution in [1.29, 1.82) is 0 Å². The van der Waals surface area contributed by atoms with E-state index in [2.05, 4.69) is 36.8 Å². The van der Waals surface area contributed by atoms with Crippen LogP contribution in [-0.2, 0) is 13.6 Å². The van der Waals surface area contributed by atoms with Crippen LogP contribution in [0.5, 0.6) is 0 Å². The average molecular weight is 497 g/mol. The number of fused-ring (bicyclic) bond motifs is 1. The Kier molecular flexibility index (Phi) is 5.54. The van der Waals surface area contributed by atoms with Gasteiger partial charge >= 0.3 is 6.18 Å². The van der Waals surface area contributed by atoms with Gasteiger partial charge in [-0.15, -0.1) is 0 Å². The highest BCUT2D eigenvalue weighted by atomic mass is 79.9. The molecule has 164 valence electrons. The number of aromatic nitrogens is 4. The molecule has 31 heavy (non-hydrogen) atoms. The molecule has 0 radical (unpaired) electrons. The topological polar surface area (TPSA) is 76.8 Å². The Morgan fingerprint density at radius 2 is 2.03 bits per heavy atom. The van der Waals surface area contributed by atoms with Gasteiger partial charge in [-0.05, 0) is 24.6 Å². The number of carbonyl (C=O) groups is 1. The zero-order chi connectivity index (χ0) is 22.3. The normalized spacial score (nSPS) is 18.4. The summed E-state index contributed by atoms with van der Waals surface area (Å²) in [4.78, 5) is 12.8. The van der Waals surface area contributed by atoms with Crippen molar-refractivity contribution in [3.63, 3.8) is 0 Å². The molecular formula is C20H20BrF3N6O. The van der Waals surface area contributed by atoms with E-state index in [-0.39, 0.29) is 24.3 Å². The van der Waals surface area contributed by atoms with Gasteiger partial charge in [0.25, 0.3) is 5.91 Å². The Labute approximate surface area is 184 Å². The number of rotatable bonds is 4. The first kappa shape index (κ1) is 21.4. The van der Waals surface area contributed by atoms with Gasteiger partial charge in [-0.25, -0.2) is 4.68 Å². The molecule has 0 aliphatic carbocycles. The molecule has 0 saturated heterocycles. The number of alkyl halides is 3. The van der Waals surface area contributed by atoms with Crippen LogP contribution in [0, 0.1) is 6.92 Å². The summed E-state index contributed by atoms with van der Waals surface area (Å²) >= 11 is 3.33. The van der Waals surface area contributed by atoms with E-state index in [0.29, 0.717) is 5.56 Å². The van der Waals surface area contributed by atoms with E-state index in [9.17, 15) is 18.0 Å². The predicted molar refractivity (Wildman–Crippen MR) is 112 cm³/mol. The minimum absolute atomic E-state index is 0.0573. The van der Waals surface area contributed by atoms with E-state index in [1.807, 2.05) is 6.92 Å². The number of hydrogen-bond acceptors (Lipinski definition) is 4. The van der Waals surface area contributed by atoms with Gasteiger partial charge in [0.05, 0.1) is 17.9 Å². The molecule has 2 atom stereocenters. The summed E-state index contributed by atoms with van der Waals surface area (Å²) < 4.78 is 44.7. The van der Waals surface area contributed by atoms with Gasteiger partial charge in [0, 0.05) is 36.2 Å². The fraction of sp³-hybridized carbons (Fsp3) is 0.350. The van der Waals surface area contributed by atoms with Gasteiger partial charge in [0.15, 0.2) is 6.04 Å². The summed E-state index contributed by atoms with van der Waals surface area (Å²) in [6.07, 6.45) is -1.77. The number of halogens is 4.